The van der Waals surface area contributed by atoms with Crippen LogP contribution in [0.15, 0.2) is 0 Å². The van der Waals surface area contributed by atoms with Gasteiger partial charge in [0.2, 0.25) is 0 Å². The van der Waals surface area contributed by atoms with Crippen molar-refractivity contribution in [1.29, 1.82) is 0 Å². The van der Waals surface area contributed by atoms with E-state index in [2.05, 4.69) is 36.0 Å². The van der Waals surface area contributed by atoms with Gasteiger partial charge in [-0.05, 0) is 51.9 Å². The van der Waals surface area contributed by atoms with Gasteiger partial charge in [-0.1, -0.05) is 13.8 Å². The zero-order chi connectivity index (χ0) is 12.3. The van der Waals surface area contributed by atoms with Crippen molar-refractivity contribution >= 4 is 0 Å². The lowest BCUT2D eigenvalue weighted by atomic mass is 10.1. The number of likely N-dealkylation sites (tertiary alicyclic amines) is 1. The summed E-state index contributed by atoms with van der Waals surface area (Å²) >= 11 is 0. The lowest BCUT2D eigenvalue weighted by Crippen LogP contribution is -2.39. The molecule has 1 N–H and O–H groups in total. The molecule has 3 nitrogen and oxygen atoms in total. The highest BCUT2D eigenvalue weighted by Gasteiger charge is 2.34. The number of nitrogens with zero attached hydrogens (tertiary/aromatic N) is 2. The van der Waals surface area contributed by atoms with Crippen LogP contribution in [0.1, 0.15) is 33.1 Å². The monoisotopic (exact) mass is 239 g/mol. The molecule has 0 amide bonds. The van der Waals surface area contributed by atoms with Crippen LogP contribution in [0.2, 0.25) is 0 Å². The number of hydrogen-bond donors (Lipinski definition) is 1. The third kappa shape index (κ3) is 3.43. The van der Waals surface area contributed by atoms with Crippen LogP contribution in [0, 0.1) is 5.92 Å². The average molecular weight is 239 g/mol. The van der Waals surface area contributed by atoms with E-state index in [4.69, 9.17) is 0 Å². The van der Waals surface area contributed by atoms with E-state index in [0.29, 0.717) is 0 Å². The molecule has 0 radical (unpaired) electrons. The molecule has 3 atom stereocenters. The smallest absolute Gasteiger partial charge is 0.0223 e. The molecule has 2 bridgehead atoms. The number of likely N-dealkylation sites (N-methyl/N-ethyl adjacent to an activating group) is 1. The van der Waals surface area contributed by atoms with E-state index < -0.39 is 0 Å². The van der Waals surface area contributed by atoms with Gasteiger partial charge in [-0.25, -0.2) is 0 Å². The summed E-state index contributed by atoms with van der Waals surface area (Å²) in [5, 5.41) is 3.46. The van der Waals surface area contributed by atoms with E-state index in [-0.39, 0.29) is 0 Å². The van der Waals surface area contributed by atoms with Crippen LogP contribution in [0.5, 0.6) is 0 Å². The summed E-state index contributed by atoms with van der Waals surface area (Å²) in [5.41, 5.74) is 0. The molecule has 0 aliphatic carbocycles. The van der Waals surface area contributed by atoms with Crippen LogP contribution in [-0.2, 0) is 0 Å². The second-order valence-corrected chi connectivity index (χ2v) is 6.01. The second kappa shape index (κ2) is 6.17. The maximum absolute atomic E-state index is 3.46. The van der Waals surface area contributed by atoms with E-state index >= 15 is 0 Å². The Balaban J connectivity index is 1.78. The summed E-state index contributed by atoms with van der Waals surface area (Å²) < 4.78 is 0. The SMILES string of the molecule is CCNCC(C)CN1CCC2CCC(C1)N2C. The predicted octanol–water partition coefficient (Wildman–Crippen LogP) is 1.40. The van der Waals surface area contributed by atoms with Gasteiger partial charge in [-0.15, -0.1) is 0 Å². The zero-order valence-corrected chi connectivity index (χ0v) is 11.8. The second-order valence-electron chi connectivity index (χ2n) is 6.01. The highest BCUT2D eigenvalue weighted by atomic mass is 15.3. The molecule has 3 heteroatoms. The summed E-state index contributed by atoms with van der Waals surface area (Å²) in [6.07, 6.45) is 4.22. The van der Waals surface area contributed by atoms with Crippen molar-refractivity contribution < 1.29 is 0 Å². The molecule has 0 aromatic rings. The van der Waals surface area contributed by atoms with Crippen LogP contribution in [0.4, 0.5) is 0 Å². The van der Waals surface area contributed by atoms with Gasteiger partial charge in [0.05, 0.1) is 0 Å². The van der Waals surface area contributed by atoms with Gasteiger partial charge in [0.15, 0.2) is 0 Å². The maximum Gasteiger partial charge on any atom is 0.0223 e. The fourth-order valence-electron chi connectivity index (χ4n) is 3.44. The van der Waals surface area contributed by atoms with Crippen LogP contribution in [-0.4, -0.2) is 61.7 Å². The highest BCUT2D eigenvalue weighted by molar-refractivity contribution is 4.91. The number of hydrogen-bond acceptors (Lipinski definition) is 3. The fourth-order valence-corrected chi connectivity index (χ4v) is 3.44. The lowest BCUT2D eigenvalue weighted by Gasteiger charge is -2.28. The van der Waals surface area contributed by atoms with Crippen molar-refractivity contribution in [2.75, 3.05) is 39.8 Å². The lowest BCUT2D eigenvalue weighted by molar-refractivity contribution is 0.200. The highest BCUT2D eigenvalue weighted by Crippen LogP contribution is 2.28. The Bertz CT molecular complexity index is 232. The number of nitrogens with one attached hydrogen (secondary N) is 1. The van der Waals surface area contributed by atoms with Gasteiger partial charge in [-0.3, -0.25) is 4.90 Å². The molecule has 17 heavy (non-hydrogen) atoms. The summed E-state index contributed by atoms with van der Waals surface area (Å²) in [4.78, 5) is 5.33. The summed E-state index contributed by atoms with van der Waals surface area (Å²) in [6.45, 7) is 10.7. The quantitative estimate of drug-likeness (QED) is 0.782. The van der Waals surface area contributed by atoms with Gasteiger partial charge < -0.3 is 10.2 Å². The van der Waals surface area contributed by atoms with Crippen molar-refractivity contribution in [1.82, 2.24) is 15.1 Å². The Morgan fingerprint density at radius 1 is 1.24 bits per heavy atom. The topological polar surface area (TPSA) is 18.5 Å². The Hall–Kier alpha value is -0.120. The first-order valence-corrected chi connectivity index (χ1v) is 7.35. The van der Waals surface area contributed by atoms with Gasteiger partial charge in [0.25, 0.3) is 0 Å². The normalized spacial score (nSPS) is 32.6. The van der Waals surface area contributed by atoms with Crippen molar-refractivity contribution in [3.63, 3.8) is 0 Å². The van der Waals surface area contributed by atoms with Crippen LogP contribution in [0.3, 0.4) is 0 Å². The third-order valence-corrected chi connectivity index (χ3v) is 4.55. The Kier molecular flexibility index (Phi) is 4.83. The van der Waals surface area contributed by atoms with Gasteiger partial charge in [0, 0.05) is 25.2 Å². The molecule has 3 unspecified atom stereocenters. The standard InChI is InChI=1S/C14H29N3/c1-4-15-9-12(2)10-17-8-7-13-5-6-14(11-17)16(13)3/h12-15H,4-11H2,1-3H3. The molecular weight excluding hydrogens is 210 g/mol. The molecule has 0 spiro atoms. The van der Waals surface area contributed by atoms with Gasteiger partial charge in [0.1, 0.15) is 0 Å². The molecule has 2 rings (SSSR count). The fraction of sp³-hybridized carbons (Fsp3) is 1.00. The number of fused-ring (bicyclic) bond motifs is 2. The summed E-state index contributed by atoms with van der Waals surface area (Å²) in [5.74, 6) is 0.775. The van der Waals surface area contributed by atoms with E-state index in [1.807, 2.05) is 0 Å². The van der Waals surface area contributed by atoms with Crippen molar-refractivity contribution in [3.05, 3.63) is 0 Å². The van der Waals surface area contributed by atoms with E-state index in [1.54, 1.807) is 0 Å². The first-order valence-electron chi connectivity index (χ1n) is 7.35. The van der Waals surface area contributed by atoms with E-state index in [0.717, 1.165) is 31.1 Å². The Morgan fingerprint density at radius 3 is 2.76 bits per heavy atom. The number of rotatable bonds is 5. The zero-order valence-electron chi connectivity index (χ0n) is 11.8. The molecule has 0 saturated carbocycles. The summed E-state index contributed by atoms with van der Waals surface area (Å²) in [7, 11) is 2.33. The van der Waals surface area contributed by atoms with Crippen molar-refractivity contribution in [3.8, 4) is 0 Å². The first-order chi connectivity index (χ1) is 8.20. The predicted molar refractivity (Wildman–Crippen MR) is 73.3 cm³/mol. The Morgan fingerprint density at radius 2 is 2.00 bits per heavy atom. The maximum atomic E-state index is 3.46. The van der Waals surface area contributed by atoms with Crippen LogP contribution in [0.25, 0.3) is 0 Å². The molecule has 0 aromatic carbocycles. The van der Waals surface area contributed by atoms with Gasteiger partial charge >= 0.3 is 0 Å². The minimum atomic E-state index is 0.775. The van der Waals surface area contributed by atoms with Crippen LogP contribution >= 0.6 is 0 Å². The minimum Gasteiger partial charge on any atom is -0.317 e. The molecule has 2 aliphatic rings. The first kappa shape index (κ1) is 13.3. The average Bonchev–Trinajstić information content (AvgIpc) is 2.55. The molecule has 100 valence electrons. The van der Waals surface area contributed by atoms with Crippen molar-refractivity contribution in [2.45, 2.75) is 45.2 Å². The molecular formula is C14H29N3. The van der Waals surface area contributed by atoms with Crippen molar-refractivity contribution in [2.24, 2.45) is 5.92 Å². The molecule has 2 fully saturated rings. The van der Waals surface area contributed by atoms with E-state index in [1.165, 1.54) is 38.9 Å². The van der Waals surface area contributed by atoms with Gasteiger partial charge in [-0.2, -0.15) is 0 Å². The minimum absolute atomic E-state index is 0.775. The molecule has 0 aromatic heterocycles. The largest absolute Gasteiger partial charge is 0.317 e. The molecule has 2 heterocycles. The molecule has 2 aliphatic heterocycles. The van der Waals surface area contributed by atoms with Crippen LogP contribution < -0.4 is 5.32 Å². The Labute approximate surface area is 107 Å². The summed E-state index contributed by atoms with van der Waals surface area (Å²) in [6, 6.07) is 1.70. The molecule has 2 saturated heterocycles. The third-order valence-electron chi connectivity index (χ3n) is 4.55. The van der Waals surface area contributed by atoms with E-state index in [9.17, 15) is 0 Å².